The average Bonchev–Trinajstić information content (AvgIpc) is 2.61. The van der Waals surface area contributed by atoms with Crippen LogP contribution in [0.4, 0.5) is 0 Å². The minimum absolute atomic E-state index is 0.192. The minimum Gasteiger partial charge on any atom is -0.369 e. The number of halogens is 1. The van der Waals surface area contributed by atoms with Crippen molar-refractivity contribution in [3.05, 3.63) is 34.9 Å². The second-order valence-corrected chi connectivity index (χ2v) is 4.22. The van der Waals surface area contributed by atoms with E-state index in [1.807, 2.05) is 12.1 Å². The molecule has 84 valence electrons. The third kappa shape index (κ3) is 1.88. The van der Waals surface area contributed by atoms with Gasteiger partial charge < -0.3 is 11.1 Å². The van der Waals surface area contributed by atoms with Crippen molar-refractivity contribution in [2.24, 2.45) is 11.7 Å². The molecule has 1 aromatic rings. The van der Waals surface area contributed by atoms with E-state index in [1.54, 1.807) is 12.1 Å². The zero-order valence-electron chi connectivity index (χ0n) is 8.44. The monoisotopic (exact) mass is 238 g/mol. The zero-order chi connectivity index (χ0) is 11.7. The molecule has 4 nitrogen and oxygen atoms in total. The Morgan fingerprint density at radius 2 is 2.00 bits per heavy atom. The largest absolute Gasteiger partial charge is 0.369 e. The number of hydrogen-bond acceptors (Lipinski definition) is 2. The van der Waals surface area contributed by atoms with Crippen molar-refractivity contribution in [1.29, 1.82) is 0 Å². The molecule has 1 fully saturated rings. The van der Waals surface area contributed by atoms with E-state index in [1.165, 1.54) is 0 Å². The number of carbonyl (C=O) groups excluding carboxylic acids is 2. The summed E-state index contributed by atoms with van der Waals surface area (Å²) < 4.78 is 0. The van der Waals surface area contributed by atoms with Crippen molar-refractivity contribution in [2.75, 3.05) is 6.54 Å². The number of carbonyl (C=O) groups is 2. The van der Waals surface area contributed by atoms with Crippen molar-refractivity contribution in [3.63, 3.8) is 0 Å². The van der Waals surface area contributed by atoms with E-state index >= 15 is 0 Å². The number of nitrogens with one attached hydrogen (secondary N) is 1. The molecule has 1 aromatic carbocycles. The van der Waals surface area contributed by atoms with Gasteiger partial charge in [0.2, 0.25) is 11.8 Å². The van der Waals surface area contributed by atoms with Gasteiger partial charge in [-0.3, -0.25) is 9.59 Å². The van der Waals surface area contributed by atoms with Crippen LogP contribution in [0.3, 0.4) is 0 Å². The quantitative estimate of drug-likeness (QED) is 0.743. The van der Waals surface area contributed by atoms with Gasteiger partial charge >= 0.3 is 0 Å². The minimum atomic E-state index is -0.777. The predicted octanol–water partition coefficient (Wildman–Crippen LogP) is 0.655. The summed E-state index contributed by atoms with van der Waals surface area (Å²) in [5.41, 5.74) is 6.11. The fourth-order valence-electron chi connectivity index (χ4n) is 1.97. The molecule has 5 heteroatoms. The third-order valence-electron chi connectivity index (χ3n) is 2.79. The van der Waals surface area contributed by atoms with Crippen molar-refractivity contribution >= 4 is 23.4 Å². The van der Waals surface area contributed by atoms with Gasteiger partial charge in [-0.1, -0.05) is 23.7 Å². The Morgan fingerprint density at radius 1 is 1.38 bits per heavy atom. The molecule has 1 aliphatic rings. The van der Waals surface area contributed by atoms with Crippen LogP contribution in [0.25, 0.3) is 0 Å². The highest BCUT2D eigenvalue weighted by molar-refractivity contribution is 6.30. The maximum absolute atomic E-state index is 11.4. The van der Waals surface area contributed by atoms with Gasteiger partial charge in [0.05, 0.1) is 0 Å². The zero-order valence-corrected chi connectivity index (χ0v) is 9.20. The maximum atomic E-state index is 11.4. The number of hydrogen-bond donors (Lipinski definition) is 2. The summed E-state index contributed by atoms with van der Waals surface area (Å²) in [6.07, 6.45) is 0. The van der Waals surface area contributed by atoms with Crippen LogP contribution in [0.5, 0.6) is 0 Å². The third-order valence-corrected chi connectivity index (χ3v) is 3.04. The van der Waals surface area contributed by atoms with Crippen LogP contribution in [0.2, 0.25) is 5.02 Å². The Morgan fingerprint density at radius 3 is 2.56 bits per heavy atom. The average molecular weight is 239 g/mol. The van der Waals surface area contributed by atoms with E-state index in [9.17, 15) is 9.59 Å². The molecule has 0 saturated carbocycles. The lowest BCUT2D eigenvalue weighted by molar-refractivity contribution is -0.131. The van der Waals surface area contributed by atoms with E-state index in [-0.39, 0.29) is 11.8 Å². The SMILES string of the molecule is NC(=O)C1C(=O)NCC1c1ccc(Cl)cc1. The van der Waals surface area contributed by atoms with Crippen molar-refractivity contribution in [3.8, 4) is 0 Å². The van der Waals surface area contributed by atoms with Crippen LogP contribution in [-0.2, 0) is 9.59 Å². The second kappa shape index (κ2) is 4.14. The Labute approximate surface area is 97.8 Å². The summed E-state index contributed by atoms with van der Waals surface area (Å²) in [5.74, 6) is -1.86. The number of nitrogens with two attached hydrogens (primary N) is 1. The van der Waals surface area contributed by atoms with Gasteiger partial charge in [0.1, 0.15) is 5.92 Å². The van der Waals surface area contributed by atoms with E-state index in [0.717, 1.165) is 5.56 Å². The molecule has 2 amide bonds. The summed E-state index contributed by atoms with van der Waals surface area (Å²) >= 11 is 5.77. The van der Waals surface area contributed by atoms with Gasteiger partial charge in [-0.05, 0) is 17.7 Å². The first-order chi connectivity index (χ1) is 7.59. The van der Waals surface area contributed by atoms with Gasteiger partial charge in [0, 0.05) is 17.5 Å². The number of benzene rings is 1. The highest BCUT2D eigenvalue weighted by atomic mass is 35.5. The van der Waals surface area contributed by atoms with Crippen LogP contribution in [0.1, 0.15) is 11.5 Å². The van der Waals surface area contributed by atoms with Crippen LogP contribution >= 0.6 is 11.6 Å². The highest BCUT2D eigenvalue weighted by Crippen LogP contribution is 2.29. The smallest absolute Gasteiger partial charge is 0.233 e. The van der Waals surface area contributed by atoms with Gasteiger partial charge in [-0.15, -0.1) is 0 Å². The standard InChI is InChI=1S/C11H11ClN2O2/c12-7-3-1-6(2-4-7)8-5-14-11(16)9(8)10(13)15/h1-4,8-9H,5H2,(H2,13,15)(H,14,16). The molecule has 0 aliphatic carbocycles. The summed E-state index contributed by atoms with van der Waals surface area (Å²) in [6.45, 7) is 0.439. The van der Waals surface area contributed by atoms with Crippen molar-refractivity contribution in [1.82, 2.24) is 5.32 Å². The van der Waals surface area contributed by atoms with Crippen LogP contribution in [0, 0.1) is 5.92 Å². The predicted molar refractivity (Wildman–Crippen MR) is 59.9 cm³/mol. The summed E-state index contributed by atoms with van der Waals surface area (Å²) in [7, 11) is 0. The van der Waals surface area contributed by atoms with Gasteiger partial charge in [-0.2, -0.15) is 0 Å². The van der Waals surface area contributed by atoms with Gasteiger partial charge in [-0.25, -0.2) is 0 Å². The molecule has 1 heterocycles. The molecule has 2 rings (SSSR count). The summed E-state index contributed by atoms with van der Waals surface area (Å²) in [6, 6.07) is 7.09. The molecular formula is C11H11ClN2O2. The Bertz CT molecular complexity index is 430. The molecule has 0 radical (unpaired) electrons. The van der Waals surface area contributed by atoms with Crippen molar-refractivity contribution in [2.45, 2.75) is 5.92 Å². The topological polar surface area (TPSA) is 72.2 Å². The molecule has 2 unspecified atom stereocenters. The first kappa shape index (κ1) is 11.0. The van der Waals surface area contributed by atoms with E-state index in [0.29, 0.717) is 11.6 Å². The van der Waals surface area contributed by atoms with Crippen LogP contribution in [0.15, 0.2) is 24.3 Å². The van der Waals surface area contributed by atoms with Crippen LogP contribution < -0.4 is 11.1 Å². The number of primary amides is 1. The first-order valence-electron chi connectivity index (χ1n) is 4.92. The molecule has 3 N–H and O–H groups in total. The summed E-state index contributed by atoms with van der Waals surface area (Å²) in [4.78, 5) is 22.6. The lowest BCUT2D eigenvalue weighted by Gasteiger charge is -2.13. The Hall–Kier alpha value is -1.55. The van der Waals surface area contributed by atoms with E-state index < -0.39 is 11.8 Å². The highest BCUT2D eigenvalue weighted by Gasteiger charge is 2.39. The second-order valence-electron chi connectivity index (χ2n) is 3.78. The lowest BCUT2D eigenvalue weighted by atomic mass is 9.88. The van der Waals surface area contributed by atoms with Crippen LogP contribution in [-0.4, -0.2) is 18.4 Å². The molecule has 0 spiro atoms. The normalized spacial score (nSPS) is 24.2. The molecule has 1 aliphatic heterocycles. The number of rotatable bonds is 2. The Balaban J connectivity index is 2.30. The molecule has 16 heavy (non-hydrogen) atoms. The fourth-order valence-corrected chi connectivity index (χ4v) is 2.09. The molecule has 0 bridgehead atoms. The van der Waals surface area contributed by atoms with Gasteiger partial charge in [0.15, 0.2) is 0 Å². The fraction of sp³-hybridized carbons (Fsp3) is 0.273. The first-order valence-corrected chi connectivity index (χ1v) is 5.30. The van der Waals surface area contributed by atoms with Gasteiger partial charge in [0.25, 0.3) is 0 Å². The van der Waals surface area contributed by atoms with E-state index in [2.05, 4.69) is 5.32 Å². The lowest BCUT2D eigenvalue weighted by Crippen LogP contribution is -2.32. The maximum Gasteiger partial charge on any atom is 0.233 e. The molecule has 2 atom stereocenters. The van der Waals surface area contributed by atoms with Crippen molar-refractivity contribution < 1.29 is 9.59 Å². The van der Waals surface area contributed by atoms with E-state index in [4.69, 9.17) is 17.3 Å². The molecule has 0 aromatic heterocycles. The molecule has 1 saturated heterocycles. The summed E-state index contributed by atoms with van der Waals surface area (Å²) in [5, 5.41) is 3.26. The Kier molecular flexibility index (Phi) is 2.83. The molecular weight excluding hydrogens is 228 g/mol. The number of amides is 2.